The number of benzene rings is 1. The van der Waals surface area contributed by atoms with Crippen LogP contribution < -0.4 is 10.0 Å². The smallest absolute Gasteiger partial charge is 0.314 e. The molecule has 0 amide bonds. The number of hydrogen-bond donors (Lipinski definition) is 2. The maximum atomic E-state index is 13.5. The highest BCUT2D eigenvalue weighted by atomic mass is 35.5. The topological polar surface area (TPSA) is 105 Å². The van der Waals surface area contributed by atoms with E-state index in [0.29, 0.717) is 6.42 Å². The third-order valence-corrected chi connectivity index (χ3v) is 5.07. The summed E-state index contributed by atoms with van der Waals surface area (Å²) in [5, 5.41) is 14.1. The summed E-state index contributed by atoms with van der Waals surface area (Å²) in [5.74, 6) is -1.17. The van der Waals surface area contributed by atoms with Gasteiger partial charge in [-0.05, 0) is 25.1 Å². The van der Waals surface area contributed by atoms with Crippen LogP contribution >= 0.6 is 24.8 Å². The van der Waals surface area contributed by atoms with Gasteiger partial charge < -0.3 is 10.2 Å². The van der Waals surface area contributed by atoms with E-state index in [4.69, 9.17) is 0 Å². The quantitative estimate of drug-likeness (QED) is 0.390. The van der Waals surface area contributed by atoms with Gasteiger partial charge in [-0.1, -0.05) is 6.07 Å². The maximum Gasteiger partial charge on any atom is 0.324 e. The van der Waals surface area contributed by atoms with Gasteiger partial charge in [0.05, 0.1) is 4.92 Å². The fourth-order valence-electron chi connectivity index (χ4n) is 2.41. The van der Waals surface area contributed by atoms with Crippen LogP contribution in [0.5, 0.6) is 0 Å². The predicted molar refractivity (Wildman–Crippen MR) is 96.7 cm³/mol. The van der Waals surface area contributed by atoms with Crippen molar-refractivity contribution in [1.29, 1.82) is 0 Å². The summed E-state index contributed by atoms with van der Waals surface area (Å²) >= 11 is 0. The number of piperazine rings is 1. The van der Waals surface area contributed by atoms with Gasteiger partial charge in [-0.15, -0.1) is 24.8 Å². The van der Waals surface area contributed by atoms with E-state index in [2.05, 4.69) is 14.9 Å². The Morgan fingerprint density at radius 1 is 1.28 bits per heavy atom. The van der Waals surface area contributed by atoms with Crippen LogP contribution in [0.2, 0.25) is 0 Å². The number of nitrogens with zero attached hydrogens (tertiary/aromatic N) is 2. The number of para-hydroxylation sites is 1. The van der Waals surface area contributed by atoms with Crippen molar-refractivity contribution in [3.8, 4) is 0 Å². The van der Waals surface area contributed by atoms with Crippen LogP contribution in [-0.4, -0.2) is 57.5 Å². The summed E-state index contributed by atoms with van der Waals surface area (Å²) < 4.78 is 40.1. The molecule has 0 unspecified atom stereocenters. The van der Waals surface area contributed by atoms with Crippen molar-refractivity contribution >= 4 is 40.5 Å². The molecule has 1 heterocycles. The molecule has 1 fully saturated rings. The lowest BCUT2D eigenvalue weighted by Crippen LogP contribution is -2.44. The zero-order valence-corrected chi connectivity index (χ0v) is 15.8. The Hall–Kier alpha value is -1.04. The minimum absolute atomic E-state index is 0. The fraction of sp³-hybridized carbons (Fsp3) is 0.538. The monoisotopic (exact) mass is 418 g/mol. The molecule has 1 aliphatic heterocycles. The SMILES string of the molecule is Cl.Cl.O=[N+]([O-])c1c(F)cccc1S(=O)(=O)NCCCN1CCNCC1. The van der Waals surface area contributed by atoms with Crippen LogP contribution in [0.4, 0.5) is 10.1 Å². The van der Waals surface area contributed by atoms with Crippen LogP contribution in [0, 0.1) is 15.9 Å². The number of rotatable bonds is 7. The average Bonchev–Trinajstić information content (AvgIpc) is 2.52. The Balaban J connectivity index is 0.00000288. The van der Waals surface area contributed by atoms with Gasteiger partial charge in [0.1, 0.15) is 0 Å². The molecular weight excluding hydrogens is 398 g/mol. The number of halogens is 3. The van der Waals surface area contributed by atoms with E-state index >= 15 is 0 Å². The average molecular weight is 419 g/mol. The first kappa shape index (κ1) is 24.0. The number of hydrogen-bond acceptors (Lipinski definition) is 6. The van der Waals surface area contributed by atoms with Crippen molar-refractivity contribution in [2.45, 2.75) is 11.3 Å². The molecule has 2 N–H and O–H groups in total. The largest absolute Gasteiger partial charge is 0.324 e. The number of nitro groups is 1. The van der Waals surface area contributed by atoms with Crippen molar-refractivity contribution in [3.63, 3.8) is 0 Å². The molecule has 0 spiro atoms. The zero-order valence-electron chi connectivity index (χ0n) is 13.3. The van der Waals surface area contributed by atoms with Gasteiger partial charge in [-0.3, -0.25) is 10.1 Å². The third-order valence-electron chi connectivity index (χ3n) is 3.57. The molecule has 1 saturated heterocycles. The van der Waals surface area contributed by atoms with Gasteiger partial charge in [0.25, 0.3) is 0 Å². The van der Waals surface area contributed by atoms with E-state index in [1.807, 2.05) is 0 Å². The molecule has 12 heteroatoms. The standard InChI is InChI=1S/C13H19FN4O4S.2ClH/c14-11-3-1-4-12(13(11)18(19)20)23(21,22)16-5-2-8-17-9-6-15-7-10-17;;/h1,3-4,15-16H,2,5-10H2;2*1H. The zero-order chi connectivity index (χ0) is 16.9. The molecule has 0 aliphatic carbocycles. The van der Waals surface area contributed by atoms with E-state index in [1.54, 1.807) is 0 Å². The molecule has 144 valence electrons. The lowest BCUT2D eigenvalue weighted by atomic mass is 10.3. The van der Waals surface area contributed by atoms with Crippen LogP contribution in [0.1, 0.15) is 6.42 Å². The molecule has 0 radical (unpaired) electrons. The summed E-state index contributed by atoms with van der Waals surface area (Å²) in [6, 6.07) is 3.03. The van der Waals surface area contributed by atoms with E-state index in [9.17, 15) is 22.9 Å². The molecule has 8 nitrogen and oxygen atoms in total. The van der Waals surface area contributed by atoms with Gasteiger partial charge in [0, 0.05) is 32.7 Å². The fourth-order valence-corrected chi connectivity index (χ4v) is 3.66. The van der Waals surface area contributed by atoms with Crippen molar-refractivity contribution < 1.29 is 17.7 Å². The normalized spacial score (nSPS) is 15.1. The van der Waals surface area contributed by atoms with Gasteiger partial charge in [-0.25, -0.2) is 13.1 Å². The molecule has 25 heavy (non-hydrogen) atoms. The van der Waals surface area contributed by atoms with E-state index in [0.717, 1.165) is 50.9 Å². The summed E-state index contributed by atoms with van der Waals surface area (Å²) in [7, 11) is -4.12. The lowest BCUT2D eigenvalue weighted by Gasteiger charge is -2.27. The summed E-state index contributed by atoms with van der Waals surface area (Å²) in [6.07, 6.45) is 0.572. The molecule has 1 aliphatic rings. The van der Waals surface area contributed by atoms with Crippen molar-refractivity contribution in [1.82, 2.24) is 14.9 Å². The first-order valence-electron chi connectivity index (χ1n) is 7.27. The summed E-state index contributed by atoms with van der Waals surface area (Å²) in [5.41, 5.74) is -1.03. The summed E-state index contributed by atoms with van der Waals surface area (Å²) in [6.45, 7) is 4.49. The minimum atomic E-state index is -4.12. The van der Waals surface area contributed by atoms with E-state index in [-0.39, 0.29) is 31.4 Å². The molecule has 1 aromatic rings. The molecule has 0 atom stereocenters. The Morgan fingerprint density at radius 3 is 2.52 bits per heavy atom. The van der Waals surface area contributed by atoms with Gasteiger partial charge in [0.15, 0.2) is 4.90 Å². The number of nitro benzene ring substituents is 1. The lowest BCUT2D eigenvalue weighted by molar-refractivity contribution is -0.390. The second-order valence-corrected chi connectivity index (χ2v) is 6.92. The highest BCUT2D eigenvalue weighted by Gasteiger charge is 2.29. The van der Waals surface area contributed by atoms with Crippen LogP contribution in [-0.2, 0) is 10.0 Å². The Kier molecular flexibility index (Phi) is 10.4. The van der Waals surface area contributed by atoms with Crippen molar-refractivity contribution in [2.24, 2.45) is 0 Å². The summed E-state index contributed by atoms with van der Waals surface area (Å²) in [4.78, 5) is 11.4. The third kappa shape index (κ3) is 6.65. The Morgan fingerprint density at radius 2 is 1.92 bits per heavy atom. The molecular formula is C13H21Cl2FN4O4S. The second kappa shape index (κ2) is 10.8. The van der Waals surface area contributed by atoms with E-state index < -0.39 is 31.3 Å². The molecule has 2 rings (SSSR count). The van der Waals surface area contributed by atoms with Crippen LogP contribution in [0.25, 0.3) is 0 Å². The Bertz CT molecular complexity index is 672. The van der Waals surface area contributed by atoms with E-state index in [1.165, 1.54) is 0 Å². The van der Waals surface area contributed by atoms with Gasteiger partial charge in [0.2, 0.25) is 15.8 Å². The van der Waals surface area contributed by atoms with Crippen LogP contribution in [0.3, 0.4) is 0 Å². The van der Waals surface area contributed by atoms with Gasteiger partial charge in [-0.2, -0.15) is 4.39 Å². The molecule has 0 saturated carbocycles. The van der Waals surface area contributed by atoms with Crippen molar-refractivity contribution in [3.05, 3.63) is 34.1 Å². The first-order valence-corrected chi connectivity index (χ1v) is 8.76. The predicted octanol–water partition coefficient (Wildman–Crippen LogP) is 1.15. The number of sulfonamides is 1. The molecule has 0 aromatic heterocycles. The molecule has 1 aromatic carbocycles. The molecule has 0 bridgehead atoms. The van der Waals surface area contributed by atoms with Gasteiger partial charge >= 0.3 is 5.69 Å². The second-order valence-electron chi connectivity index (χ2n) is 5.19. The number of nitrogens with one attached hydrogen (secondary N) is 2. The first-order chi connectivity index (χ1) is 10.9. The van der Waals surface area contributed by atoms with Crippen LogP contribution in [0.15, 0.2) is 23.1 Å². The Labute approximate surface area is 158 Å². The minimum Gasteiger partial charge on any atom is -0.314 e. The highest BCUT2D eigenvalue weighted by molar-refractivity contribution is 7.89. The highest BCUT2D eigenvalue weighted by Crippen LogP contribution is 2.26. The maximum absolute atomic E-state index is 13.5. The van der Waals surface area contributed by atoms with Crippen molar-refractivity contribution in [2.75, 3.05) is 39.3 Å².